The molecule has 0 saturated carbocycles. The average molecular weight is 361 g/mol. The summed E-state index contributed by atoms with van der Waals surface area (Å²) >= 11 is 3.47. The highest BCUT2D eigenvalue weighted by Crippen LogP contribution is 2.15. The minimum atomic E-state index is -0.197. The number of nitrogens with one attached hydrogen (secondary N) is 2. The molecule has 0 bridgehead atoms. The van der Waals surface area contributed by atoms with Gasteiger partial charge in [0.25, 0.3) is 0 Å². The zero-order chi connectivity index (χ0) is 15.8. The second-order valence-corrected chi connectivity index (χ2v) is 6.05. The van der Waals surface area contributed by atoms with E-state index in [1.165, 1.54) is 18.4 Å². The van der Waals surface area contributed by atoms with Crippen molar-refractivity contribution in [2.45, 2.75) is 32.7 Å². The molecule has 0 atom stereocenters. The molecule has 2 rings (SSSR count). The third-order valence-corrected chi connectivity index (χ3v) is 4.20. The summed E-state index contributed by atoms with van der Waals surface area (Å²) in [5.74, 6) is 0. The molecule has 116 valence electrons. The Morgan fingerprint density at radius 2 is 1.82 bits per heavy atom. The maximum absolute atomic E-state index is 11.9. The maximum atomic E-state index is 11.9. The van der Waals surface area contributed by atoms with Crippen molar-refractivity contribution < 1.29 is 4.79 Å². The molecule has 0 aliphatic carbocycles. The van der Waals surface area contributed by atoms with Gasteiger partial charge in [0.1, 0.15) is 0 Å². The minimum absolute atomic E-state index is 0.197. The van der Waals surface area contributed by atoms with Crippen LogP contribution in [0.5, 0.6) is 0 Å². The number of urea groups is 1. The Morgan fingerprint density at radius 1 is 1.09 bits per heavy atom. The summed E-state index contributed by atoms with van der Waals surface area (Å²) in [4.78, 5) is 11.9. The number of aryl methyl sites for hydroxylation is 1. The number of benzene rings is 2. The molecule has 0 saturated heterocycles. The van der Waals surface area contributed by atoms with Crippen LogP contribution in [0.15, 0.2) is 53.0 Å². The average Bonchev–Trinajstić information content (AvgIpc) is 2.53. The van der Waals surface area contributed by atoms with E-state index in [1.54, 1.807) is 0 Å². The number of halogens is 1. The van der Waals surface area contributed by atoms with Gasteiger partial charge >= 0.3 is 6.03 Å². The van der Waals surface area contributed by atoms with Gasteiger partial charge in [-0.25, -0.2) is 4.79 Å². The van der Waals surface area contributed by atoms with Crippen molar-refractivity contribution in [1.82, 2.24) is 5.32 Å². The van der Waals surface area contributed by atoms with E-state index in [9.17, 15) is 4.79 Å². The van der Waals surface area contributed by atoms with Crippen LogP contribution in [0.2, 0.25) is 0 Å². The Balaban J connectivity index is 1.83. The molecule has 0 aliphatic rings. The van der Waals surface area contributed by atoms with Crippen LogP contribution in [-0.2, 0) is 13.0 Å². The van der Waals surface area contributed by atoms with Gasteiger partial charge in [-0.15, -0.1) is 0 Å². The number of unbranched alkanes of at least 4 members (excludes halogenated alkanes) is 1. The van der Waals surface area contributed by atoms with Crippen LogP contribution >= 0.6 is 15.9 Å². The summed E-state index contributed by atoms with van der Waals surface area (Å²) in [6.45, 7) is 2.67. The van der Waals surface area contributed by atoms with E-state index in [2.05, 4.69) is 45.6 Å². The molecule has 0 heterocycles. The van der Waals surface area contributed by atoms with E-state index < -0.39 is 0 Å². The topological polar surface area (TPSA) is 41.1 Å². The monoisotopic (exact) mass is 360 g/mol. The Labute approximate surface area is 140 Å². The van der Waals surface area contributed by atoms with Gasteiger partial charge in [-0.1, -0.05) is 59.6 Å². The van der Waals surface area contributed by atoms with Gasteiger partial charge < -0.3 is 10.6 Å². The quantitative estimate of drug-likeness (QED) is 0.737. The second-order valence-electron chi connectivity index (χ2n) is 5.20. The number of hydrogen-bond donors (Lipinski definition) is 2. The molecule has 0 aliphatic heterocycles. The minimum Gasteiger partial charge on any atom is -0.334 e. The lowest BCUT2D eigenvalue weighted by Crippen LogP contribution is -2.28. The van der Waals surface area contributed by atoms with Crippen molar-refractivity contribution in [2.24, 2.45) is 0 Å². The van der Waals surface area contributed by atoms with Crippen LogP contribution in [0.4, 0.5) is 10.5 Å². The molecule has 4 heteroatoms. The molecule has 3 nitrogen and oxygen atoms in total. The molecule has 2 aromatic carbocycles. The lowest BCUT2D eigenvalue weighted by atomic mass is 10.1. The second kappa shape index (κ2) is 8.59. The first-order valence-corrected chi connectivity index (χ1v) is 8.35. The van der Waals surface area contributed by atoms with E-state index in [1.807, 2.05) is 36.4 Å². The van der Waals surface area contributed by atoms with Crippen molar-refractivity contribution in [2.75, 3.05) is 5.32 Å². The molecule has 0 fully saturated rings. The Hall–Kier alpha value is -1.81. The highest BCUT2D eigenvalue weighted by atomic mass is 79.9. The molecule has 0 aromatic heterocycles. The predicted octanol–water partition coefficient (Wildman–Crippen LogP) is 5.11. The standard InChI is InChI=1S/C18H21BrN2O/c1-2-3-6-14-9-11-16(12-10-14)21-18(22)20-13-15-7-4-5-8-17(15)19/h4-5,7-12H,2-3,6,13H2,1H3,(H2,20,21,22). The van der Waals surface area contributed by atoms with Gasteiger partial charge in [0, 0.05) is 16.7 Å². The molecule has 2 N–H and O–H groups in total. The van der Waals surface area contributed by atoms with Gasteiger partial charge in [-0.3, -0.25) is 0 Å². The zero-order valence-corrected chi connectivity index (χ0v) is 14.3. The number of anilines is 1. The van der Waals surface area contributed by atoms with E-state index in [0.717, 1.165) is 22.1 Å². The van der Waals surface area contributed by atoms with Crippen LogP contribution in [0.1, 0.15) is 30.9 Å². The van der Waals surface area contributed by atoms with Gasteiger partial charge in [-0.05, 0) is 42.2 Å². The first kappa shape index (κ1) is 16.6. The smallest absolute Gasteiger partial charge is 0.319 e. The highest BCUT2D eigenvalue weighted by Gasteiger charge is 2.03. The summed E-state index contributed by atoms with van der Waals surface area (Å²) in [5, 5.41) is 5.71. The summed E-state index contributed by atoms with van der Waals surface area (Å²) in [6, 6.07) is 15.7. The molecular weight excluding hydrogens is 340 g/mol. The van der Waals surface area contributed by atoms with Crippen LogP contribution < -0.4 is 10.6 Å². The van der Waals surface area contributed by atoms with E-state index in [-0.39, 0.29) is 6.03 Å². The predicted molar refractivity (Wildman–Crippen MR) is 95.1 cm³/mol. The Bertz CT molecular complexity index is 611. The van der Waals surface area contributed by atoms with Gasteiger partial charge in [0.05, 0.1) is 0 Å². The van der Waals surface area contributed by atoms with Crippen molar-refractivity contribution in [3.05, 3.63) is 64.1 Å². The largest absolute Gasteiger partial charge is 0.334 e. The lowest BCUT2D eigenvalue weighted by molar-refractivity contribution is 0.251. The van der Waals surface area contributed by atoms with Crippen molar-refractivity contribution in [3.8, 4) is 0 Å². The van der Waals surface area contributed by atoms with Crippen LogP contribution in [-0.4, -0.2) is 6.03 Å². The number of amides is 2. The summed E-state index contributed by atoms with van der Waals surface area (Å²) in [5.41, 5.74) is 3.17. The molecule has 0 unspecified atom stereocenters. The Kier molecular flexibility index (Phi) is 6.46. The first-order chi connectivity index (χ1) is 10.7. The molecule has 22 heavy (non-hydrogen) atoms. The SMILES string of the molecule is CCCCc1ccc(NC(=O)NCc2ccccc2Br)cc1. The molecule has 2 aromatic rings. The first-order valence-electron chi connectivity index (χ1n) is 7.56. The molecule has 0 radical (unpaired) electrons. The van der Waals surface area contributed by atoms with Gasteiger partial charge in [-0.2, -0.15) is 0 Å². The summed E-state index contributed by atoms with van der Waals surface area (Å²) < 4.78 is 0.996. The maximum Gasteiger partial charge on any atom is 0.319 e. The van der Waals surface area contributed by atoms with E-state index in [0.29, 0.717) is 6.54 Å². The molecular formula is C18H21BrN2O. The number of carbonyl (C=O) groups is 1. The number of hydrogen-bond acceptors (Lipinski definition) is 1. The van der Waals surface area contributed by atoms with E-state index in [4.69, 9.17) is 0 Å². The Morgan fingerprint density at radius 3 is 2.50 bits per heavy atom. The zero-order valence-electron chi connectivity index (χ0n) is 12.7. The highest BCUT2D eigenvalue weighted by molar-refractivity contribution is 9.10. The number of rotatable bonds is 6. The summed E-state index contributed by atoms with van der Waals surface area (Å²) in [7, 11) is 0. The van der Waals surface area contributed by atoms with Crippen molar-refractivity contribution in [3.63, 3.8) is 0 Å². The third kappa shape index (κ3) is 5.19. The fraction of sp³-hybridized carbons (Fsp3) is 0.278. The lowest BCUT2D eigenvalue weighted by Gasteiger charge is -2.09. The normalized spacial score (nSPS) is 10.3. The fourth-order valence-corrected chi connectivity index (χ4v) is 2.55. The van der Waals surface area contributed by atoms with Crippen LogP contribution in [0.25, 0.3) is 0 Å². The third-order valence-electron chi connectivity index (χ3n) is 3.43. The van der Waals surface area contributed by atoms with Crippen molar-refractivity contribution in [1.29, 1.82) is 0 Å². The number of carbonyl (C=O) groups excluding carboxylic acids is 1. The molecule has 2 amide bonds. The molecule has 0 spiro atoms. The summed E-state index contributed by atoms with van der Waals surface area (Å²) in [6.07, 6.45) is 3.47. The van der Waals surface area contributed by atoms with Gasteiger partial charge in [0.15, 0.2) is 0 Å². The van der Waals surface area contributed by atoms with Gasteiger partial charge in [0.2, 0.25) is 0 Å². The van der Waals surface area contributed by atoms with Crippen molar-refractivity contribution >= 4 is 27.6 Å². The van der Waals surface area contributed by atoms with Crippen LogP contribution in [0, 0.1) is 0 Å². The fourth-order valence-electron chi connectivity index (χ4n) is 2.13. The van der Waals surface area contributed by atoms with Crippen LogP contribution in [0.3, 0.4) is 0 Å². The van der Waals surface area contributed by atoms with E-state index >= 15 is 0 Å².